The number of amides is 1. The van der Waals surface area contributed by atoms with Crippen LogP contribution in [0.5, 0.6) is 5.75 Å². The molecule has 0 radical (unpaired) electrons. The van der Waals surface area contributed by atoms with Crippen molar-refractivity contribution in [2.45, 2.75) is 19.3 Å². The molecule has 0 bridgehead atoms. The molecule has 180 valence electrons. The van der Waals surface area contributed by atoms with Crippen LogP contribution in [0.15, 0.2) is 59.4 Å². The fourth-order valence-corrected chi connectivity index (χ4v) is 4.57. The molecule has 8 nitrogen and oxygen atoms in total. The van der Waals surface area contributed by atoms with Gasteiger partial charge >= 0.3 is 0 Å². The lowest BCUT2D eigenvalue weighted by Gasteiger charge is -2.32. The molecule has 1 saturated heterocycles. The van der Waals surface area contributed by atoms with Crippen molar-refractivity contribution in [3.8, 4) is 17.0 Å². The molecule has 2 aromatic heterocycles. The molecule has 5 rings (SSSR count). The Bertz CT molecular complexity index is 1330. The minimum absolute atomic E-state index is 0.0635. The number of carbonyl (C=O) groups excluding carboxylic acids is 1. The molecule has 3 heterocycles. The van der Waals surface area contributed by atoms with Crippen LogP contribution in [0, 0.1) is 11.7 Å². The number of para-hydroxylation sites is 1. The first-order valence-corrected chi connectivity index (χ1v) is 11.6. The molecule has 0 spiro atoms. The first-order chi connectivity index (χ1) is 17.1. The van der Waals surface area contributed by atoms with Crippen molar-refractivity contribution in [2.75, 3.05) is 31.6 Å². The summed E-state index contributed by atoms with van der Waals surface area (Å²) in [5.41, 5.74) is 2.53. The maximum absolute atomic E-state index is 13.8. The number of hydrogen-bond donors (Lipinski definition) is 1. The molecule has 1 amide bonds. The summed E-state index contributed by atoms with van der Waals surface area (Å²) in [6.45, 7) is 1.87. The Hall–Kier alpha value is -4.01. The van der Waals surface area contributed by atoms with Crippen LogP contribution in [0.25, 0.3) is 22.4 Å². The first kappa shape index (κ1) is 22.8. The van der Waals surface area contributed by atoms with Crippen molar-refractivity contribution in [3.05, 3.63) is 66.2 Å². The highest BCUT2D eigenvalue weighted by molar-refractivity contribution is 5.98. The molecule has 2 aromatic carbocycles. The molecule has 9 heteroatoms. The third-order valence-corrected chi connectivity index (χ3v) is 6.40. The number of aromatic nitrogens is 3. The van der Waals surface area contributed by atoms with Crippen LogP contribution in [-0.2, 0) is 11.2 Å². The quantitative estimate of drug-likeness (QED) is 0.432. The average Bonchev–Trinajstić information content (AvgIpc) is 3.33. The van der Waals surface area contributed by atoms with Crippen LogP contribution in [0.1, 0.15) is 18.4 Å². The normalized spacial score (nSPS) is 14.3. The number of fused-ring (bicyclic) bond motifs is 1. The van der Waals surface area contributed by atoms with Crippen molar-refractivity contribution in [3.63, 3.8) is 0 Å². The van der Waals surface area contributed by atoms with E-state index >= 15 is 0 Å². The van der Waals surface area contributed by atoms with Gasteiger partial charge in [-0.1, -0.05) is 35.5 Å². The predicted octanol–water partition coefficient (Wildman–Crippen LogP) is 4.01. The van der Waals surface area contributed by atoms with E-state index < -0.39 is 0 Å². The zero-order chi connectivity index (χ0) is 24.2. The summed E-state index contributed by atoms with van der Waals surface area (Å²) in [6.07, 6.45) is 3.55. The standard InChI is InChI=1S/C26H26FN5O3/c1-34-21-8-3-2-5-17(21)9-12-28-25(33)18-10-13-32(14-11-18)24-22-23(19-6-4-7-20(27)15-19)31-35-26(22)30-16-29-24/h2-8,15-16,18H,9-14H2,1H3,(H,28,33). The molecular formula is C26H26FN5O3. The van der Waals surface area contributed by atoms with Crippen LogP contribution in [0.4, 0.5) is 10.2 Å². The maximum Gasteiger partial charge on any atom is 0.263 e. The molecule has 1 aliphatic heterocycles. The second kappa shape index (κ2) is 10.1. The Kier molecular flexibility index (Phi) is 6.56. The van der Waals surface area contributed by atoms with Crippen LogP contribution in [0.2, 0.25) is 0 Å². The van der Waals surface area contributed by atoms with Gasteiger partial charge in [0.05, 0.1) is 7.11 Å². The van der Waals surface area contributed by atoms with Crippen LogP contribution in [-0.4, -0.2) is 47.8 Å². The number of rotatable bonds is 7. The van der Waals surface area contributed by atoms with Gasteiger partial charge in [-0.05, 0) is 43.0 Å². The highest BCUT2D eigenvalue weighted by atomic mass is 19.1. The van der Waals surface area contributed by atoms with Gasteiger partial charge in [0.1, 0.15) is 34.8 Å². The molecule has 0 saturated carbocycles. The van der Waals surface area contributed by atoms with Gasteiger partial charge in [-0.15, -0.1) is 0 Å². The largest absolute Gasteiger partial charge is 0.496 e. The predicted molar refractivity (Wildman–Crippen MR) is 130 cm³/mol. The molecule has 1 fully saturated rings. The van der Waals surface area contributed by atoms with Gasteiger partial charge in [0.25, 0.3) is 5.71 Å². The SMILES string of the molecule is COc1ccccc1CCNC(=O)C1CCN(c2ncnc3onc(-c4cccc(F)c4)c23)CC1. The van der Waals surface area contributed by atoms with Crippen LogP contribution in [0.3, 0.4) is 0 Å². The molecule has 1 N–H and O–H groups in total. The Balaban J connectivity index is 1.24. The van der Waals surface area contributed by atoms with Gasteiger partial charge in [0.15, 0.2) is 0 Å². The van der Waals surface area contributed by atoms with E-state index in [1.54, 1.807) is 19.2 Å². The fraction of sp³-hybridized carbons (Fsp3) is 0.308. The average molecular weight is 476 g/mol. The second-order valence-corrected chi connectivity index (χ2v) is 8.53. The second-order valence-electron chi connectivity index (χ2n) is 8.53. The number of nitrogens with zero attached hydrogens (tertiary/aromatic N) is 4. The van der Waals surface area contributed by atoms with Gasteiger partial charge < -0.3 is 19.5 Å². The Morgan fingerprint density at radius 1 is 1.17 bits per heavy atom. The minimum atomic E-state index is -0.352. The Morgan fingerprint density at radius 3 is 2.80 bits per heavy atom. The van der Waals surface area contributed by atoms with E-state index in [9.17, 15) is 9.18 Å². The Morgan fingerprint density at radius 2 is 2.00 bits per heavy atom. The number of hydrogen-bond acceptors (Lipinski definition) is 7. The molecule has 0 unspecified atom stereocenters. The summed E-state index contributed by atoms with van der Waals surface area (Å²) in [5, 5.41) is 7.85. The number of methoxy groups -OCH3 is 1. The van der Waals surface area contributed by atoms with E-state index in [0.717, 1.165) is 11.3 Å². The lowest BCUT2D eigenvalue weighted by Crippen LogP contribution is -2.41. The van der Waals surface area contributed by atoms with Crippen LogP contribution >= 0.6 is 0 Å². The van der Waals surface area contributed by atoms with Gasteiger partial charge in [0.2, 0.25) is 5.91 Å². The molecule has 35 heavy (non-hydrogen) atoms. The van der Waals surface area contributed by atoms with Crippen LogP contribution < -0.4 is 15.0 Å². The number of halogens is 1. The summed E-state index contributed by atoms with van der Waals surface area (Å²) < 4.78 is 24.6. The topological polar surface area (TPSA) is 93.4 Å². The molecular weight excluding hydrogens is 449 g/mol. The molecule has 0 aliphatic carbocycles. The first-order valence-electron chi connectivity index (χ1n) is 11.6. The minimum Gasteiger partial charge on any atom is -0.496 e. The van der Waals surface area contributed by atoms with Crippen molar-refractivity contribution < 1.29 is 18.4 Å². The number of carbonyl (C=O) groups is 1. The number of nitrogens with one attached hydrogen (secondary N) is 1. The third-order valence-electron chi connectivity index (χ3n) is 6.40. The van der Waals surface area contributed by atoms with Gasteiger partial charge in [0, 0.05) is 31.1 Å². The highest BCUT2D eigenvalue weighted by Gasteiger charge is 2.28. The lowest BCUT2D eigenvalue weighted by atomic mass is 9.95. The number of anilines is 1. The van der Waals surface area contributed by atoms with Gasteiger partial charge in [-0.2, -0.15) is 4.98 Å². The monoisotopic (exact) mass is 475 g/mol. The fourth-order valence-electron chi connectivity index (χ4n) is 4.57. The van der Waals surface area contributed by atoms with Crippen molar-refractivity contribution >= 4 is 22.8 Å². The summed E-state index contributed by atoms with van der Waals surface area (Å²) in [5.74, 6) is 1.17. The van der Waals surface area contributed by atoms with E-state index in [2.05, 4.69) is 25.3 Å². The smallest absolute Gasteiger partial charge is 0.263 e. The van der Waals surface area contributed by atoms with Gasteiger partial charge in [-0.3, -0.25) is 4.79 Å². The highest BCUT2D eigenvalue weighted by Crippen LogP contribution is 2.34. The van der Waals surface area contributed by atoms with E-state index in [-0.39, 0.29) is 17.6 Å². The van der Waals surface area contributed by atoms with Gasteiger partial charge in [-0.25, -0.2) is 9.37 Å². The molecule has 4 aromatic rings. The van der Waals surface area contributed by atoms with E-state index in [1.807, 2.05) is 24.3 Å². The van der Waals surface area contributed by atoms with Crippen molar-refractivity contribution in [2.24, 2.45) is 5.92 Å². The maximum atomic E-state index is 13.8. The summed E-state index contributed by atoms with van der Waals surface area (Å²) >= 11 is 0. The number of ether oxygens (including phenoxy) is 1. The van der Waals surface area contributed by atoms with E-state index in [1.165, 1.54) is 18.5 Å². The Labute approximate surface area is 202 Å². The summed E-state index contributed by atoms with van der Waals surface area (Å²) in [6, 6.07) is 14.0. The molecule has 0 atom stereocenters. The summed E-state index contributed by atoms with van der Waals surface area (Å²) in [4.78, 5) is 23.6. The zero-order valence-corrected chi connectivity index (χ0v) is 19.4. The number of piperidine rings is 1. The van der Waals surface area contributed by atoms with Crippen molar-refractivity contribution in [1.29, 1.82) is 0 Å². The zero-order valence-electron chi connectivity index (χ0n) is 19.4. The lowest BCUT2D eigenvalue weighted by molar-refractivity contribution is -0.125. The third kappa shape index (κ3) is 4.80. The summed E-state index contributed by atoms with van der Waals surface area (Å²) in [7, 11) is 1.65. The van der Waals surface area contributed by atoms with Crippen molar-refractivity contribution in [1.82, 2.24) is 20.4 Å². The number of benzene rings is 2. The van der Waals surface area contributed by atoms with E-state index in [0.29, 0.717) is 67.1 Å². The molecule has 1 aliphatic rings. The van der Waals surface area contributed by atoms with E-state index in [4.69, 9.17) is 9.26 Å².